The minimum atomic E-state index is 0.257. The van der Waals surface area contributed by atoms with Crippen LogP contribution in [-0.2, 0) is 0 Å². The van der Waals surface area contributed by atoms with Gasteiger partial charge in [0, 0.05) is 12.1 Å². The fourth-order valence-electron chi connectivity index (χ4n) is 0.682. The van der Waals surface area contributed by atoms with E-state index in [-0.39, 0.29) is 5.11 Å². The quantitative estimate of drug-likeness (QED) is 0.393. The van der Waals surface area contributed by atoms with E-state index in [1.807, 2.05) is 18.2 Å². The molecule has 10 heavy (non-hydrogen) atoms. The number of nitrogens with two attached hydrogens (primary N) is 1. The zero-order chi connectivity index (χ0) is 7.40. The van der Waals surface area contributed by atoms with E-state index < -0.39 is 0 Å². The molecule has 0 saturated carbocycles. The Balaban J connectivity index is 2.21. The van der Waals surface area contributed by atoms with E-state index in [1.54, 1.807) is 0 Å². The van der Waals surface area contributed by atoms with E-state index in [4.69, 9.17) is 5.73 Å². The lowest BCUT2D eigenvalue weighted by Crippen LogP contribution is -2.39. The molecule has 0 bridgehead atoms. The summed E-state index contributed by atoms with van der Waals surface area (Å²) in [5.41, 5.74) is 11.8. The average molecular weight is 155 g/mol. The number of nitrogens with one attached hydrogen (secondary N) is 2. The third kappa shape index (κ3) is 2.06. The molecule has 0 fully saturated rings. The lowest BCUT2D eigenvalue weighted by atomic mass is 10.4. The molecule has 3 nitrogen and oxygen atoms in total. The Morgan fingerprint density at radius 1 is 1.70 bits per heavy atom. The van der Waals surface area contributed by atoms with E-state index in [1.165, 1.54) is 0 Å². The summed E-state index contributed by atoms with van der Waals surface area (Å²) in [4.78, 5) is 0. The van der Waals surface area contributed by atoms with Gasteiger partial charge in [-0.05, 0) is 18.3 Å². The summed E-state index contributed by atoms with van der Waals surface area (Å²) in [7, 11) is 0. The smallest absolute Gasteiger partial charge is 0.182 e. The van der Waals surface area contributed by atoms with Crippen molar-refractivity contribution in [1.82, 2.24) is 10.9 Å². The van der Waals surface area contributed by atoms with Crippen LogP contribution >= 0.6 is 12.2 Å². The van der Waals surface area contributed by atoms with Gasteiger partial charge in [0.1, 0.15) is 0 Å². The van der Waals surface area contributed by atoms with Crippen molar-refractivity contribution in [3.63, 3.8) is 0 Å². The highest BCUT2D eigenvalue weighted by Gasteiger charge is 1.95. The van der Waals surface area contributed by atoms with Crippen LogP contribution in [0.2, 0.25) is 0 Å². The fourth-order valence-corrected chi connectivity index (χ4v) is 0.733. The van der Waals surface area contributed by atoms with E-state index >= 15 is 0 Å². The zero-order valence-corrected chi connectivity index (χ0v) is 6.24. The second-order valence-corrected chi connectivity index (χ2v) is 2.38. The molecule has 0 aromatic rings. The minimum Gasteiger partial charge on any atom is -0.375 e. The Hall–Kier alpha value is -1.03. The van der Waals surface area contributed by atoms with Gasteiger partial charge in [-0.1, -0.05) is 12.2 Å². The fraction of sp³-hybridized carbons (Fsp3) is 0.167. The number of hydrogen-bond acceptors (Lipinski definition) is 2. The van der Waals surface area contributed by atoms with Crippen molar-refractivity contribution in [1.29, 1.82) is 0 Å². The van der Waals surface area contributed by atoms with Gasteiger partial charge < -0.3 is 11.2 Å². The topological polar surface area (TPSA) is 50.1 Å². The van der Waals surface area contributed by atoms with Crippen molar-refractivity contribution in [2.75, 3.05) is 0 Å². The van der Waals surface area contributed by atoms with Gasteiger partial charge in [0.15, 0.2) is 5.11 Å². The Bertz CT molecular complexity index is 195. The second-order valence-electron chi connectivity index (χ2n) is 1.94. The Morgan fingerprint density at radius 3 is 3.00 bits per heavy atom. The summed E-state index contributed by atoms with van der Waals surface area (Å²) in [6.45, 7) is 0. The number of thiocarbonyl (C=S) groups is 1. The summed E-state index contributed by atoms with van der Waals surface area (Å²) in [5, 5.41) is 0.257. The summed E-state index contributed by atoms with van der Waals surface area (Å²) < 4.78 is 0. The van der Waals surface area contributed by atoms with Crippen molar-refractivity contribution in [3.05, 3.63) is 23.9 Å². The van der Waals surface area contributed by atoms with Crippen LogP contribution in [0.15, 0.2) is 23.9 Å². The molecule has 0 saturated heterocycles. The molecule has 0 heterocycles. The predicted molar refractivity (Wildman–Crippen MR) is 44.9 cm³/mol. The molecule has 0 unspecified atom stereocenters. The summed E-state index contributed by atoms with van der Waals surface area (Å²) in [6, 6.07) is 0. The summed E-state index contributed by atoms with van der Waals surface area (Å²) in [6.07, 6.45) is 6.90. The molecule has 54 valence electrons. The van der Waals surface area contributed by atoms with Gasteiger partial charge >= 0.3 is 0 Å². The SMILES string of the molecule is NC(=S)NNC1=CC=CC1. The molecule has 1 aliphatic rings. The lowest BCUT2D eigenvalue weighted by molar-refractivity contribution is 0.754. The first-order valence-corrected chi connectivity index (χ1v) is 3.37. The molecule has 1 aliphatic carbocycles. The van der Waals surface area contributed by atoms with Crippen molar-refractivity contribution in [3.8, 4) is 0 Å². The van der Waals surface area contributed by atoms with E-state index in [2.05, 4.69) is 23.1 Å². The highest BCUT2D eigenvalue weighted by atomic mass is 32.1. The molecule has 0 amide bonds. The molecule has 1 rings (SSSR count). The number of allylic oxidation sites excluding steroid dienone is 3. The van der Waals surface area contributed by atoms with Crippen molar-refractivity contribution >= 4 is 17.3 Å². The van der Waals surface area contributed by atoms with Crippen LogP contribution in [-0.4, -0.2) is 5.11 Å². The van der Waals surface area contributed by atoms with Crippen LogP contribution in [0.1, 0.15) is 6.42 Å². The summed E-state index contributed by atoms with van der Waals surface area (Å²) >= 11 is 4.59. The van der Waals surface area contributed by atoms with Gasteiger partial charge in [-0.2, -0.15) is 0 Å². The van der Waals surface area contributed by atoms with Crippen LogP contribution in [0.5, 0.6) is 0 Å². The Labute approximate surface area is 64.9 Å². The van der Waals surface area contributed by atoms with Crippen molar-refractivity contribution in [2.45, 2.75) is 6.42 Å². The maximum atomic E-state index is 5.18. The molecule has 0 spiro atoms. The molecule has 0 aromatic carbocycles. The Morgan fingerprint density at radius 2 is 2.50 bits per heavy atom. The van der Waals surface area contributed by atoms with Crippen LogP contribution in [0, 0.1) is 0 Å². The molecule has 0 atom stereocenters. The normalized spacial score (nSPS) is 14.6. The predicted octanol–water partition coefficient (Wildman–Crippen LogP) is 0.168. The molecular weight excluding hydrogens is 146 g/mol. The first kappa shape index (κ1) is 7.08. The van der Waals surface area contributed by atoms with Gasteiger partial charge in [0.05, 0.1) is 0 Å². The van der Waals surface area contributed by atoms with Crippen molar-refractivity contribution < 1.29 is 0 Å². The van der Waals surface area contributed by atoms with Gasteiger partial charge in [0.2, 0.25) is 0 Å². The van der Waals surface area contributed by atoms with E-state index in [0.717, 1.165) is 12.1 Å². The standard InChI is InChI=1S/C6H9N3S/c7-6(10)9-8-5-3-1-2-4-5/h1-3,8H,4H2,(H3,7,9,10). The maximum absolute atomic E-state index is 5.18. The monoisotopic (exact) mass is 155 g/mol. The molecule has 4 heteroatoms. The molecule has 4 N–H and O–H groups in total. The second kappa shape index (κ2) is 3.22. The highest BCUT2D eigenvalue weighted by Crippen LogP contribution is 2.04. The summed E-state index contributed by atoms with van der Waals surface area (Å²) in [5.74, 6) is 0. The first-order valence-electron chi connectivity index (χ1n) is 2.96. The Kier molecular flexibility index (Phi) is 2.28. The van der Waals surface area contributed by atoms with Gasteiger partial charge in [-0.3, -0.25) is 5.43 Å². The maximum Gasteiger partial charge on any atom is 0.182 e. The molecular formula is C6H9N3S. The first-order chi connectivity index (χ1) is 4.79. The highest BCUT2D eigenvalue weighted by molar-refractivity contribution is 7.80. The number of hydrazine groups is 1. The van der Waals surface area contributed by atoms with E-state index in [0.29, 0.717) is 0 Å². The molecule has 0 aliphatic heterocycles. The average Bonchev–Trinajstić information content (AvgIpc) is 2.34. The van der Waals surface area contributed by atoms with Crippen LogP contribution in [0.25, 0.3) is 0 Å². The third-order valence-corrected chi connectivity index (χ3v) is 1.22. The minimum absolute atomic E-state index is 0.257. The van der Waals surface area contributed by atoms with Crippen LogP contribution in [0.3, 0.4) is 0 Å². The third-order valence-electron chi connectivity index (χ3n) is 1.12. The zero-order valence-electron chi connectivity index (χ0n) is 5.42. The number of hydrogen-bond donors (Lipinski definition) is 3. The van der Waals surface area contributed by atoms with Gasteiger partial charge in [0.25, 0.3) is 0 Å². The van der Waals surface area contributed by atoms with Gasteiger partial charge in [-0.15, -0.1) is 0 Å². The van der Waals surface area contributed by atoms with Crippen LogP contribution in [0.4, 0.5) is 0 Å². The molecule has 0 aromatic heterocycles. The van der Waals surface area contributed by atoms with Crippen molar-refractivity contribution in [2.24, 2.45) is 5.73 Å². The van der Waals surface area contributed by atoms with E-state index in [9.17, 15) is 0 Å². The van der Waals surface area contributed by atoms with Crippen LogP contribution < -0.4 is 16.6 Å². The number of rotatable bonds is 2. The molecule has 0 radical (unpaired) electrons. The lowest BCUT2D eigenvalue weighted by Gasteiger charge is -2.06. The van der Waals surface area contributed by atoms with Gasteiger partial charge in [-0.25, -0.2) is 0 Å². The largest absolute Gasteiger partial charge is 0.375 e.